The van der Waals surface area contributed by atoms with E-state index in [-0.39, 0.29) is 37.3 Å². The molecule has 2 atom stereocenters. The van der Waals surface area contributed by atoms with Gasteiger partial charge in [0.05, 0.1) is 13.0 Å². The molecular formula is C32H53N3O6. The molecular weight excluding hydrogens is 522 g/mol. The van der Waals surface area contributed by atoms with Gasteiger partial charge in [-0.3, -0.25) is 14.4 Å². The molecule has 0 spiro atoms. The molecule has 0 aliphatic heterocycles. The third-order valence-electron chi connectivity index (χ3n) is 6.44. The molecule has 0 aliphatic carbocycles. The Morgan fingerprint density at radius 2 is 1.54 bits per heavy atom. The molecule has 41 heavy (non-hydrogen) atoms. The van der Waals surface area contributed by atoms with Gasteiger partial charge in [0.2, 0.25) is 11.8 Å². The Hall–Kier alpha value is -3.10. The first-order valence-corrected chi connectivity index (χ1v) is 15.0. The summed E-state index contributed by atoms with van der Waals surface area (Å²) in [5.41, 5.74) is 1.88. The van der Waals surface area contributed by atoms with Crippen LogP contribution in [0.15, 0.2) is 18.2 Å². The van der Waals surface area contributed by atoms with Gasteiger partial charge in [-0.2, -0.15) is 0 Å². The van der Waals surface area contributed by atoms with Crippen LogP contribution in [0.2, 0.25) is 0 Å². The van der Waals surface area contributed by atoms with Crippen molar-refractivity contribution < 1.29 is 28.7 Å². The minimum Gasteiger partial charge on any atom is -0.466 e. The summed E-state index contributed by atoms with van der Waals surface area (Å²) in [5.74, 6) is -1.41. The molecule has 0 saturated heterocycles. The van der Waals surface area contributed by atoms with E-state index < -0.39 is 29.7 Å². The van der Waals surface area contributed by atoms with Gasteiger partial charge in [0.15, 0.2) is 0 Å². The molecule has 2 unspecified atom stereocenters. The van der Waals surface area contributed by atoms with Gasteiger partial charge in [-0.25, -0.2) is 4.79 Å². The molecule has 0 fully saturated rings. The highest BCUT2D eigenvalue weighted by molar-refractivity contribution is 5.92. The van der Waals surface area contributed by atoms with Crippen molar-refractivity contribution in [2.24, 2.45) is 5.92 Å². The number of nitrogens with one attached hydrogen (secondary N) is 2. The summed E-state index contributed by atoms with van der Waals surface area (Å²) in [7, 11) is 0. The van der Waals surface area contributed by atoms with Gasteiger partial charge in [0, 0.05) is 13.1 Å². The van der Waals surface area contributed by atoms with Crippen LogP contribution in [0.3, 0.4) is 0 Å². The third kappa shape index (κ3) is 13.4. The van der Waals surface area contributed by atoms with E-state index in [2.05, 4.69) is 17.6 Å². The van der Waals surface area contributed by atoms with Gasteiger partial charge < -0.3 is 25.0 Å². The van der Waals surface area contributed by atoms with Crippen LogP contribution < -0.4 is 10.6 Å². The maximum atomic E-state index is 14.3. The Morgan fingerprint density at radius 3 is 2.07 bits per heavy atom. The third-order valence-corrected chi connectivity index (χ3v) is 6.44. The predicted molar refractivity (Wildman–Crippen MR) is 161 cm³/mol. The highest BCUT2D eigenvalue weighted by Gasteiger charge is 2.37. The average Bonchev–Trinajstić information content (AvgIpc) is 2.84. The van der Waals surface area contributed by atoms with Gasteiger partial charge in [-0.05, 0) is 59.4 Å². The second kappa shape index (κ2) is 17.7. The standard InChI is InChI=1S/C32H53N3O6/c1-10-12-13-14-15-18-35(30(38)27(22(3)4)34-31(39)41-32(7,8)9)28(25-20-23(5)19-24(6)21-25)29(37)33-17-16-26(36)40-11-2/h19-22,27-28H,10-18H2,1-9H3,(H,33,37)(H,34,39). The molecule has 1 aromatic carbocycles. The van der Waals surface area contributed by atoms with Crippen LogP contribution in [0.1, 0.15) is 110 Å². The molecule has 0 saturated carbocycles. The van der Waals surface area contributed by atoms with E-state index in [1.54, 1.807) is 32.6 Å². The number of nitrogens with zero attached hydrogens (tertiary/aromatic N) is 1. The van der Waals surface area contributed by atoms with Crippen LogP contribution in [0, 0.1) is 19.8 Å². The molecule has 9 heteroatoms. The Morgan fingerprint density at radius 1 is 0.927 bits per heavy atom. The van der Waals surface area contributed by atoms with E-state index in [4.69, 9.17) is 9.47 Å². The fourth-order valence-electron chi connectivity index (χ4n) is 4.64. The van der Waals surface area contributed by atoms with Crippen molar-refractivity contribution in [3.8, 4) is 0 Å². The number of amides is 3. The van der Waals surface area contributed by atoms with Crippen LogP contribution in [-0.4, -0.2) is 60.1 Å². The van der Waals surface area contributed by atoms with Crippen molar-refractivity contribution in [3.05, 3.63) is 34.9 Å². The Bertz CT molecular complexity index is 981. The molecule has 2 N–H and O–H groups in total. The maximum absolute atomic E-state index is 14.3. The number of esters is 1. The summed E-state index contributed by atoms with van der Waals surface area (Å²) in [6.45, 7) is 17.4. The van der Waals surface area contributed by atoms with Gasteiger partial charge >= 0.3 is 12.1 Å². The molecule has 0 heterocycles. The van der Waals surface area contributed by atoms with Gasteiger partial charge in [-0.15, -0.1) is 0 Å². The van der Waals surface area contributed by atoms with Gasteiger partial charge in [0.25, 0.3) is 0 Å². The van der Waals surface area contributed by atoms with E-state index >= 15 is 0 Å². The highest BCUT2D eigenvalue weighted by Crippen LogP contribution is 2.27. The molecule has 0 aromatic heterocycles. The number of unbranched alkanes of at least 4 members (excludes halogenated alkanes) is 4. The van der Waals surface area contributed by atoms with Gasteiger partial charge in [0.1, 0.15) is 17.7 Å². The molecule has 9 nitrogen and oxygen atoms in total. The quantitative estimate of drug-likeness (QED) is 0.191. The normalized spacial score (nSPS) is 12.8. The van der Waals surface area contributed by atoms with Crippen LogP contribution in [-0.2, 0) is 23.9 Å². The number of carbonyl (C=O) groups excluding carboxylic acids is 4. The maximum Gasteiger partial charge on any atom is 0.408 e. The summed E-state index contributed by atoms with van der Waals surface area (Å²) in [6.07, 6.45) is 4.17. The van der Waals surface area contributed by atoms with E-state index in [0.29, 0.717) is 18.5 Å². The summed E-state index contributed by atoms with van der Waals surface area (Å²) < 4.78 is 10.4. The Balaban J connectivity index is 3.47. The van der Waals surface area contributed by atoms with Gasteiger partial charge in [-0.1, -0.05) is 75.8 Å². The van der Waals surface area contributed by atoms with Crippen molar-refractivity contribution in [3.63, 3.8) is 0 Å². The first-order valence-electron chi connectivity index (χ1n) is 15.0. The van der Waals surface area contributed by atoms with Crippen LogP contribution in [0.4, 0.5) is 4.79 Å². The molecule has 0 aliphatic rings. The van der Waals surface area contributed by atoms with Crippen molar-refractivity contribution in [1.29, 1.82) is 0 Å². The molecule has 3 amide bonds. The van der Waals surface area contributed by atoms with Crippen molar-refractivity contribution >= 4 is 23.9 Å². The van der Waals surface area contributed by atoms with Crippen LogP contribution >= 0.6 is 0 Å². The monoisotopic (exact) mass is 575 g/mol. The summed E-state index contributed by atoms with van der Waals surface area (Å²) in [5, 5.41) is 5.61. The fourth-order valence-corrected chi connectivity index (χ4v) is 4.64. The van der Waals surface area contributed by atoms with E-state index in [1.807, 2.05) is 45.9 Å². The summed E-state index contributed by atoms with van der Waals surface area (Å²) >= 11 is 0. The number of rotatable bonds is 16. The molecule has 1 rings (SSSR count). The Kier molecular flexibility index (Phi) is 15.5. The lowest BCUT2D eigenvalue weighted by Crippen LogP contribution is -2.55. The van der Waals surface area contributed by atoms with E-state index in [0.717, 1.165) is 36.8 Å². The number of alkyl carbamates (subject to hydrolysis) is 1. The Labute approximate surface area is 247 Å². The van der Waals surface area contributed by atoms with Crippen molar-refractivity contribution in [2.75, 3.05) is 19.7 Å². The molecule has 1 aromatic rings. The minimum absolute atomic E-state index is 0.0267. The largest absolute Gasteiger partial charge is 0.466 e. The van der Waals surface area contributed by atoms with Crippen molar-refractivity contribution in [2.45, 2.75) is 119 Å². The number of ether oxygens (including phenoxy) is 2. The minimum atomic E-state index is -0.948. The topological polar surface area (TPSA) is 114 Å². The molecule has 0 bridgehead atoms. The lowest BCUT2D eigenvalue weighted by Gasteiger charge is -2.36. The molecule has 0 radical (unpaired) electrons. The van der Waals surface area contributed by atoms with E-state index in [9.17, 15) is 19.2 Å². The number of hydrogen-bond donors (Lipinski definition) is 2. The van der Waals surface area contributed by atoms with E-state index in [1.165, 1.54) is 0 Å². The zero-order valence-corrected chi connectivity index (χ0v) is 26.7. The lowest BCUT2D eigenvalue weighted by atomic mass is 9.96. The lowest BCUT2D eigenvalue weighted by molar-refractivity contribution is -0.144. The summed E-state index contributed by atoms with van der Waals surface area (Å²) in [4.78, 5) is 54.3. The fraction of sp³-hybridized carbons (Fsp3) is 0.688. The number of benzene rings is 1. The molecule has 232 valence electrons. The smallest absolute Gasteiger partial charge is 0.408 e. The van der Waals surface area contributed by atoms with Crippen molar-refractivity contribution in [1.82, 2.24) is 15.5 Å². The van der Waals surface area contributed by atoms with Crippen LogP contribution in [0.5, 0.6) is 0 Å². The SMILES string of the molecule is CCCCCCCN(C(=O)C(NC(=O)OC(C)(C)C)C(C)C)C(C(=O)NCCC(=O)OCC)c1cc(C)cc(C)c1. The first kappa shape index (κ1) is 35.9. The number of carbonyl (C=O) groups is 4. The number of hydrogen-bond acceptors (Lipinski definition) is 6. The highest BCUT2D eigenvalue weighted by atomic mass is 16.6. The second-order valence-electron chi connectivity index (χ2n) is 12.0. The first-order chi connectivity index (χ1) is 19.2. The zero-order valence-electron chi connectivity index (χ0n) is 26.7. The van der Waals surface area contributed by atoms with Crippen LogP contribution in [0.25, 0.3) is 0 Å². The average molecular weight is 576 g/mol. The number of aryl methyl sites for hydroxylation is 2. The summed E-state index contributed by atoms with van der Waals surface area (Å²) in [6, 6.07) is 3.98. The predicted octanol–water partition coefficient (Wildman–Crippen LogP) is 5.76. The second-order valence-corrected chi connectivity index (χ2v) is 12.0. The zero-order chi connectivity index (χ0) is 31.2.